The number of thiophene rings is 1. The maximum atomic E-state index is 13.8. The van der Waals surface area contributed by atoms with E-state index in [2.05, 4.69) is 11.9 Å². The normalized spacial score (nSPS) is 19.1. The number of nitrogens with zero attached hydrogens (tertiary/aromatic N) is 2. The van der Waals surface area contributed by atoms with Gasteiger partial charge in [-0.15, -0.1) is 17.9 Å². The van der Waals surface area contributed by atoms with Gasteiger partial charge in [-0.2, -0.15) is 0 Å². The molecule has 7 heteroatoms. The maximum absolute atomic E-state index is 13.8. The molecule has 0 bridgehead atoms. The Morgan fingerprint density at radius 2 is 2.14 bits per heavy atom. The first kappa shape index (κ1) is 18.4. The van der Waals surface area contributed by atoms with Gasteiger partial charge in [-0.25, -0.2) is 9.18 Å². The second-order valence-electron chi connectivity index (χ2n) is 6.75. The molecule has 5 nitrogen and oxygen atoms in total. The van der Waals surface area contributed by atoms with E-state index in [1.54, 1.807) is 39.3 Å². The van der Waals surface area contributed by atoms with Crippen LogP contribution in [0.3, 0.4) is 0 Å². The van der Waals surface area contributed by atoms with Gasteiger partial charge in [0.2, 0.25) is 0 Å². The number of carbonyl (C=O) groups excluding carboxylic acids is 2. The first-order valence-corrected chi connectivity index (χ1v) is 9.95. The van der Waals surface area contributed by atoms with Crippen molar-refractivity contribution in [3.8, 4) is 0 Å². The topological polar surface area (TPSA) is 52.7 Å². The predicted molar refractivity (Wildman–Crippen MR) is 106 cm³/mol. The highest BCUT2D eigenvalue weighted by molar-refractivity contribution is 7.09. The Hall–Kier alpha value is -2.93. The highest BCUT2D eigenvalue weighted by atomic mass is 32.1. The zero-order valence-electron chi connectivity index (χ0n) is 15.2. The SMILES string of the molecule is C=CCN1C(=O)NC(c2cccc(F)c2)C2=C1CN(CCc1cccs1)C2=O. The van der Waals surface area contributed by atoms with E-state index >= 15 is 0 Å². The highest BCUT2D eigenvalue weighted by Gasteiger charge is 2.43. The molecule has 0 radical (unpaired) electrons. The summed E-state index contributed by atoms with van der Waals surface area (Å²) in [5.41, 5.74) is 1.75. The standard InChI is InChI=1S/C21H20FN3O2S/c1-2-9-25-17-13-24(10-8-16-7-4-11-28-16)20(26)18(17)19(23-21(25)27)14-5-3-6-15(22)12-14/h2-7,11-12,19H,1,8-10,13H2,(H,23,27). The van der Waals surface area contributed by atoms with Gasteiger partial charge in [0.25, 0.3) is 5.91 Å². The molecule has 3 amide bonds. The third kappa shape index (κ3) is 3.33. The predicted octanol–water partition coefficient (Wildman–Crippen LogP) is 3.48. The fraction of sp³-hybridized carbons (Fsp3) is 0.238. The van der Waals surface area contributed by atoms with Crippen molar-refractivity contribution in [1.29, 1.82) is 0 Å². The third-order valence-electron chi connectivity index (χ3n) is 5.00. The molecule has 1 aromatic carbocycles. The molecule has 0 saturated carbocycles. The summed E-state index contributed by atoms with van der Waals surface area (Å²) in [5.74, 6) is -0.516. The molecule has 2 aromatic rings. The maximum Gasteiger partial charge on any atom is 0.322 e. The van der Waals surface area contributed by atoms with Crippen LogP contribution in [0, 0.1) is 5.82 Å². The van der Waals surface area contributed by atoms with Crippen LogP contribution in [0.15, 0.2) is 65.7 Å². The van der Waals surface area contributed by atoms with Gasteiger partial charge in [-0.05, 0) is 35.6 Å². The zero-order chi connectivity index (χ0) is 19.7. The molecular formula is C21H20FN3O2S. The van der Waals surface area contributed by atoms with Crippen molar-refractivity contribution in [2.45, 2.75) is 12.5 Å². The quantitative estimate of drug-likeness (QED) is 0.759. The number of hydrogen-bond donors (Lipinski definition) is 1. The lowest BCUT2D eigenvalue weighted by molar-refractivity contribution is -0.125. The summed E-state index contributed by atoms with van der Waals surface area (Å²) < 4.78 is 13.8. The number of nitrogens with one attached hydrogen (secondary N) is 1. The molecule has 0 saturated heterocycles. The van der Waals surface area contributed by atoms with Gasteiger partial charge < -0.3 is 10.2 Å². The Morgan fingerprint density at radius 1 is 1.29 bits per heavy atom. The molecule has 1 N–H and O–H groups in total. The summed E-state index contributed by atoms with van der Waals surface area (Å²) in [6.45, 7) is 4.96. The molecule has 0 spiro atoms. The fourth-order valence-corrected chi connectivity index (χ4v) is 4.39. The number of urea groups is 1. The van der Waals surface area contributed by atoms with Gasteiger partial charge >= 0.3 is 6.03 Å². The minimum Gasteiger partial charge on any atom is -0.333 e. The summed E-state index contributed by atoms with van der Waals surface area (Å²) in [5, 5.41) is 4.87. The highest BCUT2D eigenvalue weighted by Crippen LogP contribution is 2.36. The van der Waals surface area contributed by atoms with E-state index in [0.29, 0.717) is 36.5 Å². The van der Waals surface area contributed by atoms with Crippen molar-refractivity contribution in [3.63, 3.8) is 0 Å². The lowest BCUT2D eigenvalue weighted by Gasteiger charge is -2.33. The van der Waals surface area contributed by atoms with Crippen LogP contribution >= 0.6 is 11.3 Å². The van der Waals surface area contributed by atoms with Crippen LogP contribution in [-0.2, 0) is 11.2 Å². The van der Waals surface area contributed by atoms with Crippen molar-refractivity contribution in [3.05, 3.63) is 82.0 Å². The molecule has 4 rings (SSSR count). The smallest absolute Gasteiger partial charge is 0.322 e. The van der Waals surface area contributed by atoms with Crippen molar-refractivity contribution in [2.24, 2.45) is 0 Å². The second kappa shape index (κ2) is 7.59. The van der Waals surface area contributed by atoms with Crippen LogP contribution < -0.4 is 5.32 Å². The van der Waals surface area contributed by atoms with Gasteiger partial charge in [0.1, 0.15) is 5.82 Å². The van der Waals surface area contributed by atoms with Crippen LogP contribution in [-0.4, -0.2) is 41.4 Å². The summed E-state index contributed by atoms with van der Waals surface area (Å²) in [6, 6.07) is 9.09. The summed E-state index contributed by atoms with van der Waals surface area (Å²) >= 11 is 1.66. The molecule has 0 aliphatic carbocycles. The van der Waals surface area contributed by atoms with Crippen LogP contribution in [0.1, 0.15) is 16.5 Å². The molecule has 2 aliphatic rings. The van der Waals surface area contributed by atoms with E-state index in [1.807, 2.05) is 17.5 Å². The average Bonchev–Trinajstić information content (AvgIpc) is 3.30. The zero-order valence-corrected chi connectivity index (χ0v) is 16.0. The second-order valence-corrected chi connectivity index (χ2v) is 7.79. The molecule has 0 fully saturated rings. The van der Waals surface area contributed by atoms with Crippen molar-refractivity contribution in [2.75, 3.05) is 19.6 Å². The number of carbonyl (C=O) groups is 2. The number of halogens is 1. The minimum atomic E-state index is -0.654. The van der Waals surface area contributed by atoms with Gasteiger partial charge in [0, 0.05) is 18.0 Å². The number of benzene rings is 1. The van der Waals surface area contributed by atoms with Crippen LogP contribution in [0.4, 0.5) is 9.18 Å². The molecular weight excluding hydrogens is 377 g/mol. The van der Waals surface area contributed by atoms with E-state index in [9.17, 15) is 14.0 Å². The monoisotopic (exact) mass is 397 g/mol. The van der Waals surface area contributed by atoms with E-state index < -0.39 is 11.9 Å². The summed E-state index contributed by atoms with van der Waals surface area (Å²) in [4.78, 5) is 30.4. The molecule has 1 atom stereocenters. The molecule has 1 unspecified atom stereocenters. The fourth-order valence-electron chi connectivity index (χ4n) is 3.69. The van der Waals surface area contributed by atoms with E-state index in [0.717, 1.165) is 6.42 Å². The molecule has 2 aliphatic heterocycles. The average molecular weight is 397 g/mol. The number of amides is 3. The molecule has 144 valence electrons. The number of hydrogen-bond acceptors (Lipinski definition) is 3. The van der Waals surface area contributed by atoms with Crippen LogP contribution in [0.2, 0.25) is 0 Å². The molecule has 1 aromatic heterocycles. The van der Waals surface area contributed by atoms with Gasteiger partial charge in [0.15, 0.2) is 0 Å². The van der Waals surface area contributed by atoms with E-state index in [1.165, 1.54) is 17.0 Å². The molecule has 3 heterocycles. The Kier molecular flexibility index (Phi) is 5.00. The lowest BCUT2D eigenvalue weighted by atomic mass is 9.95. The Balaban J connectivity index is 1.66. The molecule has 28 heavy (non-hydrogen) atoms. The van der Waals surface area contributed by atoms with Gasteiger partial charge in [-0.3, -0.25) is 9.69 Å². The van der Waals surface area contributed by atoms with E-state index in [-0.39, 0.29) is 11.9 Å². The first-order chi connectivity index (χ1) is 13.6. The van der Waals surface area contributed by atoms with E-state index in [4.69, 9.17) is 0 Å². The van der Waals surface area contributed by atoms with Crippen molar-refractivity contribution < 1.29 is 14.0 Å². The Morgan fingerprint density at radius 3 is 2.86 bits per heavy atom. The first-order valence-electron chi connectivity index (χ1n) is 9.07. The summed E-state index contributed by atoms with van der Waals surface area (Å²) in [7, 11) is 0. The largest absolute Gasteiger partial charge is 0.333 e. The van der Waals surface area contributed by atoms with Crippen molar-refractivity contribution >= 4 is 23.3 Å². The van der Waals surface area contributed by atoms with Crippen LogP contribution in [0.25, 0.3) is 0 Å². The van der Waals surface area contributed by atoms with Gasteiger partial charge in [0.05, 0.1) is 23.9 Å². The number of rotatable bonds is 6. The van der Waals surface area contributed by atoms with Crippen molar-refractivity contribution in [1.82, 2.24) is 15.1 Å². The summed E-state index contributed by atoms with van der Waals surface area (Å²) in [6.07, 6.45) is 2.39. The lowest BCUT2D eigenvalue weighted by Crippen LogP contribution is -2.47. The third-order valence-corrected chi connectivity index (χ3v) is 5.93. The van der Waals surface area contributed by atoms with Crippen LogP contribution in [0.5, 0.6) is 0 Å². The Bertz CT molecular complexity index is 954. The van der Waals surface area contributed by atoms with Gasteiger partial charge in [-0.1, -0.05) is 24.3 Å². The Labute approximate surface area is 166 Å². The minimum absolute atomic E-state index is 0.116.